The van der Waals surface area contributed by atoms with Gasteiger partial charge in [-0.2, -0.15) is 5.10 Å². The second kappa shape index (κ2) is 5.70. The minimum absolute atomic E-state index is 0.117. The molecule has 0 unspecified atom stereocenters. The SMILES string of the molecule is O=C(Cc1c(-c2cc(O)no2)n[nH]c1-c1ccccc1)NO. The molecular formula is C14H12N4O4. The molecule has 0 radical (unpaired) electrons. The molecule has 1 amide bonds. The van der Waals surface area contributed by atoms with Crippen LogP contribution in [0, 0.1) is 0 Å². The average Bonchev–Trinajstić information content (AvgIpc) is 3.14. The fourth-order valence-corrected chi connectivity index (χ4v) is 2.16. The van der Waals surface area contributed by atoms with Gasteiger partial charge in [0.1, 0.15) is 5.69 Å². The summed E-state index contributed by atoms with van der Waals surface area (Å²) < 4.78 is 4.98. The highest BCUT2D eigenvalue weighted by Crippen LogP contribution is 2.31. The lowest BCUT2D eigenvalue weighted by Gasteiger charge is -2.04. The lowest BCUT2D eigenvalue weighted by molar-refractivity contribution is -0.128. The van der Waals surface area contributed by atoms with Gasteiger partial charge in [0.25, 0.3) is 5.88 Å². The van der Waals surface area contributed by atoms with Crippen molar-refractivity contribution in [2.24, 2.45) is 0 Å². The molecule has 22 heavy (non-hydrogen) atoms. The number of amides is 1. The summed E-state index contributed by atoms with van der Waals surface area (Å²) in [6.07, 6.45) is -0.117. The average molecular weight is 300 g/mol. The molecule has 0 bridgehead atoms. The summed E-state index contributed by atoms with van der Waals surface area (Å²) in [5.74, 6) is -0.655. The summed E-state index contributed by atoms with van der Waals surface area (Å²) in [6, 6.07) is 10.6. The molecular weight excluding hydrogens is 288 g/mol. The van der Waals surface area contributed by atoms with Gasteiger partial charge >= 0.3 is 0 Å². The number of hydroxylamine groups is 1. The van der Waals surface area contributed by atoms with Crippen molar-refractivity contribution in [3.05, 3.63) is 42.0 Å². The van der Waals surface area contributed by atoms with Crippen LogP contribution in [0.4, 0.5) is 0 Å². The van der Waals surface area contributed by atoms with Gasteiger partial charge in [0, 0.05) is 5.56 Å². The van der Waals surface area contributed by atoms with E-state index >= 15 is 0 Å². The number of nitrogens with zero attached hydrogens (tertiary/aromatic N) is 2. The van der Waals surface area contributed by atoms with E-state index in [1.54, 1.807) is 5.48 Å². The number of aromatic nitrogens is 3. The van der Waals surface area contributed by atoms with Gasteiger partial charge in [-0.25, -0.2) is 5.48 Å². The third-order valence-electron chi connectivity index (χ3n) is 3.12. The first kappa shape index (κ1) is 13.8. The predicted octanol–water partition coefficient (Wildman–Crippen LogP) is 1.49. The molecule has 0 saturated carbocycles. The second-order valence-electron chi connectivity index (χ2n) is 4.55. The maximum Gasteiger partial charge on any atom is 0.252 e. The zero-order chi connectivity index (χ0) is 15.5. The van der Waals surface area contributed by atoms with E-state index in [0.717, 1.165) is 5.56 Å². The van der Waals surface area contributed by atoms with E-state index in [1.165, 1.54) is 6.07 Å². The zero-order valence-electron chi connectivity index (χ0n) is 11.3. The Morgan fingerprint density at radius 3 is 2.73 bits per heavy atom. The Balaban J connectivity index is 2.11. The number of hydrogen-bond donors (Lipinski definition) is 4. The van der Waals surface area contributed by atoms with Gasteiger partial charge in [0.2, 0.25) is 5.91 Å². The Morgan fingerprint density at radius 1 is 1.32 bits per heavy atom. The molecule has 0 fully saturated rings. The largest absolute Gasteiger partial charge is 0.491 e. The molecule has 112 valence electrons. The predicted molar refractivity (Wildman–Crippen MR) is 74.8 cm³/mol. The Morgan fingerprint density at radius 2 is 2.09 bits per heavy atom. The minimum atomic E-state index is -0.594. The number of carbonyl (C=O) groups excluding carboxylic acids is 1. The first-order valence-electron chi connectivity index (χ1n) is 6.40. The highest BCUT2D eigenvalue weighted by molar-refractivity contribution is 5.83. The molecule has 4 N–H and O–H groups in total. The number of benzene rings is 1. The molecule has 3 rings (SSSR count). The first-order valence-corrected chi connectivity index (χ1v) is 6.40. The Labute approximate surface area is 124 Å². The van der Waals surface area contributed by atoms with Crippen LogP contribution in [0.25, 0.3) is 22.7 Å². The zero-order valence-corrected chi connectivity index (χ0v) is 11.3. The fraction of sp³-hybridized carbons (Fsp3) is 0.0714. The van der Waals surface area contributed by atoms with Crippen LogP contribution in [0.1, 0.15) is 5.56 Å². The molecule has 0 aliphatic heterocycles. The molecule has 2 aromatic heterocycles. The van der Waals surface area contributed by atoms with E-state index in [1.807, 2.05) is 30.3 Å². The van der Waals surface area contributed by atoms with E-state index in [-0.39, 0.29) is 18.1 Å². The van der Waals surface area contributed by atoms with Crippen molar-refractivity contribution in [2.45, 2.75) is 6.42 Å². The second-order valence-corrected chi connectivity index (χ2v) is 4.55. The van der Waals surface area contributed by atoms with Crippen molar-refractivity contribution >= 4 is 5.91 Å². The van der Waals surface area contributed by atoms with Crippen LogP contribution in [-0.2, 0) is 11.2 Å². The van der Waals surface area contributed by atoms with Gasteiger partial charge in [0.05, 0.1) is 18.2 Å². The van der Waals surface area contributed by atoms with Crippen molar-refractivity contribution in [2.75, 3.05) is 0 Å². The molecule has 3 aromatic rings. The van der Waals surface area contributed by atoms with E-state index < -0.39 is 5.91 Å². The van der Waals surface area contributed by atoms with Gasteiger partial charge in [-0.05, 0) is 10.7 Å². The summed E-state index contributed by atoms with van der Waals surface area (Å²) in [5, 5.41) is 28.4. The molecule has 0 aliphatic carbocycles. The number of aromatic amines is 1. The summed E-state index contributed by atoms with van der Waals surface area (Å²) in [7, 11) is 0. The molecule has 2 heterocycles. The van der Waals surface area contributed by atoms with Gasteiger partial charge < -0.3 is 9.63 Å². The Kier molecular flexibility index (Phi) is 3.58. The van der Waals surface area contributed by atoms with Crippen LogP contribution in [0.3, 0.4) is 0 Å². The van der Waals surface area contributed by atoms with Gasteiger partial charge in [-0.15, -0.1) is 0 Å². The maximum absolute atomic E-state index is 11.6. The smallest absolute Gasteiger partial charge is 0.252 e. The van der Waals surface area contributed by atoms with Crippen LogP contribution < -0.4 is 5.48 Å². The monoisotopic (exact) mass is 300 g/mol. The van der Waals surface area contributed by atoms with E-state index in [4.69, 9.17) is 9.73 Å². The highest BCUT2D eigenvalue weighted by Gasteiger charge is 2.21. The van der Waals surface area contributed by atoms with Crippen LogP contribution in [0.5, 0.6) is 5.88 Å². The molecule has 8 heteroatoms. The number of aromatic hydroxyl groups is 1. The summed E-state index contributed by atoms with van der Waals surface area (Å²) in [6.45, 7) is 0. The fourth-order valence-electron chi connectivity index (χ4n) is 2.16. The standard InChI is InChI=1S/C14H12N4O4/c19-11(17-21)6-9-13(8-4-2-1-3-5-8)15-16-14(9)10-7-12(20)18-22-10/h1-5,7,21H,6H2,(H,15,16)(H,17,19)(H,18,20). The van der Waals surface area contributed by atoms with Crippen molar-refractivity contribution < 1.29 is 19.6 Å². The number of carbonyl (C=O) groups is 1. The van der Waals surface area contributed by atoms with Crippen LogP contribution in [0.15, 0.2) is 40.9 Å². The van der Waals surface area contributed by atoms with Crippen LogP contribution in [0.2, 0.25) is 0 Å². The Hall–Kier alpha value is -3.13. The summed E-state index contributed by atoms with van der Waals surface area (Å²) >= 11 is 0. The minimum Gasteiger partial charge on any atom is -0.491 e. The van der Waals surface area contributed by atoms with Crippen molar-refractivity contribution in [3.63, 3.8) is 0 Å². The van der Waals surface area contributed by atoms with Gasteiger partial charge in [0.15, 0.2) is 5.76 Å². The number of rotatable bonds is 4. The highest BCUT2D eigenvalue weighted by atomic mass is 16.5. The third kappa shape index (κ3) is 2.54. The van der Waals surface area contributed by atoms with Crippen molar-refractivity contribution in [1.82, 2.24) is 20.8 Å². The normalized spacial score (nSPS) is 10.6. The van der Waals surface area contributed by atoms with Crippen LogP contribution in [-0.4, -0.2) is 31.6 Å². The molecule has 0 aliphatic rings. The van der Waals surface area contributed by atoms with Crippen molar-refractivity contribution in [3.8, 4) is 28.6 Å². The molecule has 1 aromatic carbocycles. The van der Waals surface area contributed by atoms with Gasteiger partial charge in [-0.3, -0.25) is 15.1 Å². The van der Waals surface area contributed by atoms with Gasteiger partial charge in [-0.1, -0.05) is 30.3 Å². The summed E-state index contributed by atoms with van der Waals surface area (Å²) in [5.41, 5.74) is 3.90. The van der Waals surface area contributed by atoms with E-state index in [0.29, 0.717) is 17.0 Å². The quantitative estimate of drug-likeness (QED) is 0.427. The van der Waals surface area contributed by atoms with E-state index in [9.17, 15) is 9.90 Å². The topological polar surface area (TPSA) is 124 Å². The summed E-state index contributed by atoms with van der Waals surface area (Å²) in [4.78, 5) is 11.6. The Bertz CT molecular complexity index is 794. The maximum atomic E-state index is 11.6. The molecule has 0 atom stereocenters. The molecule has 0 spiro atoms. The van der Waals surface area contributed by atoms with E-state index in [2.05, 4.69) is 15.4 Å². The number of nitrogens with one attached hydrogen (secondary N) is 2. The lowest BCUT2D eigenvalue weighted by Crippen LogP contribution is -2.21. The van der Waals surface area contributed by atoms with Crippen LogP contribution >= 0.6 is 0 Å². The first-order chi connectivity index (χ1) is 10.7. The third-order valence-corrected chi connectivity index (χ3v) is 3.12. The molecule has 8 nitrogen and oxygen atoms in total. The molecule has 0 saturated heterocycles. The van der Waals surface area contributed by atoms with Crippen molar-refractivity contribution in [1.29, 1.82) is 0 Å². The lowest BCUT2D eigenvalue weighted by atomic mass is 10.0. The number of hydrogen-bond acceptors (Lipinski definition) is 6. The number of H-pyrrole nitrogens is 1.